The Bertz CT molecular complexity index is 628. The first-order valence-corrected chi connectivity index (χ1v) is 9.01. The monoisotopic (exact) mass is 449 g/mol. The summed E-state index contributed by atoms with van der Waals surface area (Å²) in [6, 6.07) is 4.89. The average molecular weight is 452 g/mol. The summed E-state index contributed by atoms with van der Waals surface area (Å²) < 4.78 is -1.82. The topological polar surface area (TPSA) is 53.2 Å². The smallest absolute Gasteiger partial charge is 0.228 e. The number of amides is 1. The van der Waals surface area contributed by atoms with E-state index in [1.165, 1.54) is 0 Å². The highest BCUT2D eigenvalue weighted by Crippen LogP contribution is 2.30. The fourth-order valence-corrected chi connectivity index (χ4v) is 2.28. The van der Waals surface area contributed by atoms with E-state index in [0.29, 0.717) is 15.7 Å². The lowest BCUT2D eigenvalue weighted by molar-refractivity contribution is -0.129. The number of halogens is 5. The van der Waals surface area contributed by atoms with Gasteiger partial charge in [-0.2, -0.15) is 0 Å². The summed E-state index contributed by atoms with van der Waals surface area (Å²) in [5.74, 6) is -0.302. The fourth-order valence-electron chi connectivity index (χ4n) is 1.42. The minimum Gasteiger partial charge on any atom is -0.339 e. The molecule has 3 N–H and O–H groups in total. The SMILES string of the molecule is CC(C)(C)C(=O)N[C@@H](NC(=S)Nc1ccc(Cl)c(Cl)c1)C(Cl)(Cl)Cl. The first kappa shape index (κ1) is 21.9. The molecule has 0 fully saturated rings. The van der Waals surface area contributed by atoms with Crippen molar-refractivity contribution < 1.29 is 4.79 Å². The molecule has 0 saturated carbocycles. The van der Waals surface area contributed by atoms with Crippen LogP contribution >= 0.6 is 70.2 Å². The second-order valence-corrected chi connectivity index (χ2v) is 9.52. The van der Waals surface area contributed by atoms with Crippen LogP contribution in [0.5, 0.6) is 0 Å². The Balaban J connectivity index is 2.81. The molecule has 0 aliphatic rings. The maximum absolute atomic E-state index is 12.1. The highest BCUT2D eigenvalue weighted by Gasteiger charge is 2.36. The Hall–Kier alpha value is -0.170. The summed E-state index contributed by atoms with van der Waals surface area (Å²) in [7, 11) is 0. The molecule has 0 aliphatic carbocycles. The largest absolute Gasteiger partial charge is 0.339 e. The molecule has 134 valence electrons. The van der Waals surface area contributed by atoms with Gasteiger partial charge in [0, 0.05) is 11.1 Å². The predicted octanol–water partition coefficient (Wildman–Crippen LogP) is 5.14. The quantitative estimate of drug-likeness (QED) is 0.338. The second kappa shape index (κ2) is 8.47. The Morgan fingerprint density at radius 3 is 2.12 bits per heavy atom. The van der Waals surface area contributed by atoms with Gasteiger partial charge in [0.1, 0.15) is 6.17 Å². The third-order valence-corrected chi connectivity index (χ3v) is 4.35. The van der Waals surface area contributed by atoms with Gasteiger partial charge in [-0.15, -0.1) is 0 Å². The van der Waals surface area contributed by atoms with E-state index in [-0.39, 0.29) is 11.0 Å². The first-order valence-electron chi connectivity index (χ1n) is 6.71. The van der Waals surface area contributed by atoms with Crippen LogP contribution < -0.4 is 16.0 Å². The normalized spacial score (nSPS) is 13.2. The van der Waals surface area contributed by atoms with E-state index < -0.39 is 15.4 Å². The number of thiocarbonyl (C=S) groups is 1. The van der Waals surface area contributed by atoms with Gasteiger partial charge in [-0.1, -0.05) is 78.8 Å². The van der Waals surface area contributed by atoms with Crippen LogP contribution in [-0.4, -0.2) is 21.0 Å². The number of nitrogens with one attached hydrogen (secondary N) is 3. The lowest BCUT2D eigenvalue weighted by Gasteiger charge is -2.30. The number of hydrogen-bond donors (Lipinski definition) is 3. The summed E-state index contributed by atoms with van der Waals surface area (Å²) in [5, 5.41) is 9.16. The molecule has 0 aromatic heterocycles. The van der Waals surface area contributed by atoms with Crippen molar-refractivity contribution >= 4 is 86.9 Å². The van der Waals surface area contributed by atoms with Crippen LogP contribution in [0.4, 0.5) is 5.69 Å². The van der Waals surface area contributed by atoms with E-state index in [4.69, 9.17) is 70.2 Å². The summed E-state index contributed by atoms with van der Waals surface area (Å²) in [5.41, 5.74) is -0.0682. The molecule has 0 unspecified atom stereocenters. The van der Waals surface area contributed by atoms with Gasteiger partial charge in [0.05, 0.1) is 10.0 Å². The van der Waals surface area contributed by atoms with Crippen LogP contribution in [0.3, 0.4) is 0 Å². The number of alkyl halides is 3. The van der Waals surface area contributed by atoms with Crippen molar-refractivity contribution in [1.29, 1.82) is 0 Å². The molecule has 0 spiro atoms. The highest BCUT2D eigenvalue weighted by molar-refractivity contribution is 7.80. The van der Waals surface area contributed by atoms with Crippen molar-refractivity contribution in [2.24, 2.45) is 5.41 Å². The average Bonchev–Trinajstić information content (AvgIpc) is 2.40. The molecule has 0 saturated heterocycles. The first-order chi connectivity index (χ1) is 10.8. The zero-order valence-electron chi connectivity index (χ0n) is 13.0. The van der Waals surface area contributed by atoms with Crippen LogP contribution in [-0.2, 0) is 4.79 Å². The van der Waals surface area contributed by atoms with Crippen LogP contribution in [0.25, 0.3) is 0 Å². The van der Waals surface area contributed by atoms with E-state index in [1.807, 2.05) is 0 Å². The Morgan fingerprint density at radius 1 is 1.08 bits per heavy atom. The molecule has 0 aliphatic heterocycles. The van der Waals surface area contributed by atoms with Gasteiger partial charge in [0.2, 0.25) is 9.70 Å². The molecule has 0 heterocycles. The summed E-state index contributed by atoms with van der Waals surface area (Å²) >= 11 is 34.7. The number of carbonyl (C=O) groups is 1. The molecule has 0 bridgehead atoms. The predicted molar refractivity (Wildman–Crippen MR) is 107 cm³/mol. The van der Waals surface area contributed by atoms with E-state index in [0.717, 1.165) is 0 Å². The number of rotatable bonds is 3. The molecule has 1 atom stereocenters. The molecule has 10 heteroatoms. The Morgan fingerprint density at radius 2 is 1.67 bits per heavy atom. The van der Waals surface area contributed by atoms with Gasteiger partial charge in [-0.25, -0.2) is 0 Å². The van der Waals surface area contributed by atoms with E-state index in [9.17, 15) is 4.79 Å². The lowest BCUT2D eigenvalue weighted by Crippen LogP contribution is -2.58. The molecular weight excluding hydrogens is 436 g/mol. The molecular formula is C14H16Cl5N3OS. The van der Waals surface area contributed by atoms with E-state index >= 15 is 0 Å². The summed E-state index contributed by atoms with van der Waals surface area (Å²) in [6.45, 7) is 5.22. The third kappa shape index (κ3) is 6.98. The van der Waals surface area contributed by atoms with Crippen molar-refractivity contribution in [3.63, 3.8) is 0 Å². The van der Waals surface area contributed by atoms with Crippen molar-refractivity contribution in [3.8, 4) is 0 Å². The second-order valence-electron chi connectivity index (χ2n) is 5.93. The van der Waals surface area contributed by atoms with Gasteiger partial charge in [0.15, 0.2) is 5.11 Å². The van der Waals surface area contributed by atoms with E-state index in [2.05, 4.69) is 16.0 Å². The molecule has 1 aromatic rings. The minimum absolute atomic E-state index is 0.138. The summed E-state index contributed by atoms with van der Waals surface area (Å²) in [4.78, 5) is 12.1. The van der Waals surface area contributed by atoms with Crippen LogP contribution in [0.15, 0.2) is 18.2 Å². The molecule has 1 aromatic carbocycles. The number of benzene rings is 1. The Kier molecular flexibility index (Phi) is 7.72. The van der Waals surface area contributed by atoms with Gasteiger partial charge in [-0.05, 0) is 30.4 Å². The molecule has 1 rings (SSSR count). The van der Waals surface area contributed by atoms with Crippen molar-refractivity contribution in [3.05, 3.63) is 28.2 Å². The van der Waals surface area contributed by atoms with Crippen molar-refractivity contribution in [2.75, 3.05) is 5.32 Å². The van der Waals surface area contributed by atoms with Crippen molar-refractivity contribution in [2.45, 2.75) is 30.7 Å². The summed E-state index contributed by atoms with van der Waals surface area (Å²) in [6.07, 6.45) is -1.03. The van der Waals surface area contributed by atoms with Gasteiger partial charge < -0.3 is 16.0 Å². The number of carbonyl (C=O) groups excluding carboxylic acids is 1. The van der Waals surface area contributed by atoms with Crippen LogP contribution in [0.1, 0.15) is 20.8 Å². The maximum Gasteiger partial charge on any atom is 0.228 e. The maximum atomic E-state index is 12.1. The lowest BCUT2D eigenvalue weighted by atomic mass is 9.95. The number of hydrogen-bond acceptors (Lipinski definition) is 2. The van der Waals surface area contributed by atoms with Crippen LogP contribution in [0.2, 0.25) is 10.0 Å². The molecule has 4 nitrogen and oxygen atoms in total. The molecule has 1 amide bonds. The minimum atomic E-state index is -1.82. The fraction of sp³-hybridized carbons (Fsp3) is 0.429. The van der Waals surface area contributed by atoms with Gasteiger partial charge >= 0.3 is 0 Å². The highest BCUT2D eigenvalue weighted by atomic mass is 35.6. The van der Waals surface area contributed by atoms with Gasteiger partial charge in [-0.3, -0.25) is 4.79 Å². The molecule has 24 heavy (non-hydrogen) atoms. The standard InChI is InChI=1S/C14H16Cl5N3OS/c1-13(2,3)11(23)21-10(14(17,18)19)22-12(24)20-7-4-5-8(15)9(16)6-7/h4-6,10H,1-3H3,(H,21,23)(H2,20,22,24)/t10-/m0/s1. The van der Waals surface area contributed by atoms with Crippen LogP contribution in [0, 0.1) is 5.41 Å². The van der Waals surface area contributed by atoms with E-state index in [1.54, 1.807) is 39.0 Å². The molecule has 0 radical (unpaired) electrons. The zero-order valence-corrected chi connectivity index (χ0v) is 17.6. The third-order valence-electron chi connectivity index (χ3n) is 2.74. The Labute approximate surface area is 171 Å². The number of anilines is 1. The zero-order chi connectivity index (χ0) is 18.7. The van der Waals surface area contributed by atoms with Crippen molar-refractivity contribution in [1.82, 2.24) is 10.6 Å². The van der Waals surface area contributed by atoms with Gasteiger partial charge in [0.25, 0.3) is 0 Å².